The first-order chi connectivity index (χ1) is 6.90. The lowest BCUT2D eigenvalue weighted by molar-refractivity contribution is -0.138. The highest BCUT2D eigenvalue weighted by atomic mass is 32.1. The summed E-state index contributed by atoms with van der Waals surface area (Å²) >= 11 is 3.80. The van der Waals surface area contributed by atoms with Gasteiger partial charge in [-0.05, 0) is 12.1 Å². The SMILES string of the molecule is COc1cc(S)c(C#N)c(C(F)(F)F)c1. The Kier molecular flexibility index (Phi) is 3.15. The van der Waals surface area contributed by atoms with Crippen LogP contribution in [0.15, 0.2) is 17.0 Å². The fraction of sp³-hybridized carbons (Fsp3) is 0.222. The molecule has 0 aromatic heterocycles. The molecular formula is C9H6F3NOS. The molecule has 0 N–H and O–H groups in total. The van der Waals surface area contributed by atoms with E-state index in [1.807, 2.05) is 0 Å². The highest BCUT2D eigenvalue weighted by Gasteiger charge is 2.35. The Morgan fingerprint density at radius 2 is 2.00 bits per heavy atom. The number of rotatable bonds is 1. The van der Waals surface area contributed by atoms with Crippen molar-refractivity contribution in [2.24, 2.45) is 0 Å². The number of thiol groups is 1. The van der Waals surface area contributed by atoms with E-state index < -0.39 is 17.3 Å². The first-order valence-corrected chi connectivity index (χ1v) is 4.23. The maximum Gasteiger partial charge on any atom is 0.417 e. The molecule has 1 rings (SSSR count). The van der Waals surface area contributed by atoms with E-state index >= 15 is 0 Å². The molecule has 0 aliphatic rings. The van der Waals surface area contributed by atoms with E-state index in [9.17, 15) is 13.2 Å². The van der Waals surface area contributed by atoms with Crippen molar-refractivity contribution in [3.8, 4) is 11.8 Å². The number of alkyl halides is 3. The molecule has 2 nitrogen and oxygen atoms in total. The highest BCUT2D eigenvalue weighted by molar-refractivity contribution is 7.80. The van der Waals surface area contributed by atoms with Gasteiger partial charge in [-0.2, -0.15) is 18.4 Å². The monoisotopic (exact) mass is 233 g/mol. The molecule has 0 radical (unpaired) electrons. The van der Waals surface area contributed by atoms with Crippen molar-refractivity contribution in [1.82, 2.24) is 0 Å². The Morgan fingerprint density at radius 3 is 2.40 bits per heavy atom. The molecule has 15 heavy (non-hydrogen) atoms. The van der Waals surface area contributed by atoms with Crippen LogP contribution in [0.1, 0.15) is 11.1 Å². The summed E-state index contributed by atoms with van der Waals surface area (Å²) in [4.78, 5) is -0.0517. The van der Waals surface area contributed by atoms with Gasteiger partial charge < -0.3 is 4.74 Å². The van der Waals surface area contributed by atoms with Crippen molar-refractivity contribution in [3.63, 3.8) is 0 Å². The minimum atomic E-state index is -4.59. The van der Waals surface area contributed by atoms with Gasteiger partial charge in [0.2, 0.25) is 0 Å². The zero-order valence-electron chi connectivity index (χ0n) is 7.59. The van der Waals surface area contributed by atoms with Gasteiger partial charge in [0.25, 0.3) is 0 Å². The van der Waals surface area contributed by atoms with Gasteiger partial charge in [-0.15, -0.1) is 12.6 Å². The number of benzene rings is 1. The summed E-state index contributed by atoms with van der Waals surface area (Å²) in [5.41, 5.74) is -1.53. The number of nitriles is 1. The van der Waals surface area contributed by atoms with E-state index in [4.69, 9.17) is 5.26 Å². The standard InChI is InChI=1S/C9H6F3NOS/c1-14-5-2-7(9(10,11)12)6(4-13)8(15)3-5/h2-3,15H,1H3. The van der Waals surface area contributed by atoms with Gasteiger partial charge >= 0.3 is 6.18 Å². The molecule has 0 spiro atoms. The van der Waals surface area contributed by atoms with Crippen LogP contribution in [0.3, 0.4) is 0 Å². The van der Waals surface area contributed by atoms with Gasteiger partial charge in [0.05, 0.1) is 18.2 Å². The van der Waals surface area contributed by atoms with Crippen molar-refractivity contribution in [2.45, 2.75) is 11.1 Å². The lowest BCUT2D eigenvalue weighted by Gasteiger charge is -2.11. The molecule has 1 aromatic rings. The van der Waals surface area contributed by atoms with E-state index in [1.54, 1.807) is 0 Å². The molecule has 80 valence electrons. The third-order valence-electron chi connectivity index (χ3n) is 1.74. The van der Waals surface area contributed by atoms with E-state index in [2.05, 4.69) is 17.4 Å². The second kappa shape index (κ2) is 4.03. The third kappa shape index (κ3) is 2.36. The van der Waals surface area contributed by atoms with Crippen LogP contribution in [0.5, 0.6) is 5.75 Å². The van der Waals surface area contributed by atoms with Gasteiger partial charge in [0.15, 0.2) is 0 Å². The third-order valence-corrected chi connectivity index (χ3v) is 2.10. The quantitative estimate of drug-likeness (QED) is 0.756. The fourth-order valence-corrected chi connectivity index (χ4v) is 1.36. The first kappa shape index (κ1) is 11.7. The van der Waals surface area contributed by atoms with E-state index in [1.165, 1.54) is 19.2 Å². The van der Waals surface area contributed by atoms with Crippen LogP contribution in [0, 0.1) is 11.3 Å². The average Bonchev–Trinajstić information content (AvgIpc) is 2.15. The normalized spacial score (nSPS) is 10.9. The van der Waals surface area contributed by atoms with Crippen LogP contribution < -0.4 is 4.74 Å². The fourth-order valence-electron chi connectivity index (χ4n) is 1.06. The summed E-state index contributed by atoms with van der Waals surface area (Å²) < 4.78 is 42.1. The maximum atomic E-state index is 12.5. The molecule has 1 aromatic carbocycles. The van der Waals surface area contributed by atoms with Crippen LogP contribution in [-0.2, 0) is 6.18 Å². The lowest BCUT2D eigenvalue weighted by atomic mass is 10.1. The molecule has 0 heterocycles. The Labute approximate surface area is 89.7 Å². The van der Waals surface area contributed by atoms with Gasteiger partial charge in [0, 0.05) is 4.90 Å². The average molecular weight is 233 g/mol. The van der Waals surface area contributed by atoms with Crippen LogP contribution in [0.25, 0.3) is 0 Å². The van der Waals surface area contributed by atoms with E-state index in [0.29, 0.717) is 0 Å². The molecule has 0 unspecified atom stereocenters. The number of hydrogen-bond donors (Lipinski definition) is 1. The summed E-state index contributed by atoms with van der Waals surface area (Å²) in [6, 6.07) is 3.51. The molecule has 0 saturated carbocycles. The minimum absolute atomic E-state index is 0.0197. The molecule has 0 fully saturated rings. The topological polar surface area (TPSA) is 33.0 Å². The van der Waals surface area contributed by atoms with Crippen LogP contribution >= 0.6 is 12.6 Å². The zero-order chi connectivity index (χ0) is 11.6. The second-order valence-corrected chi connectivity index (χ2v) is 3.16. The van der Waals surface area contributed by atoms with Crippen LogP contribution in [-0.4, -0.2) is 7.11 Å². The predicted molar refractivity (Wildman–Crippen MR) is 50.0 cm³/mol. The zero-order valence-corrected chi connectivity index (χ0v) is 8.49. The highest BCUT2D eigenvalue weighted by Crippen LogP contribution is 2.36. The summed E-state index contributed by atoms with van der Waals surface area (Å²) in [6.07, 6.45) is -4.59. The van der Waals surface area contributed by atoms with E-state index in [-0.39, 0.29) is 10.6 Å². The second-order valence-electron chi connectivity index (χ2n) is 2.68. The van der Waals surface area contributed by atoms with Crippen molar-refractivity contribution < 1.29 is 17.9 Å². The lowest BCUT2D eigenvalue weighted by Crippen LogP contribution is -2.08. The number of methoxy groups -OCH3 is 1. The maximum absolute atomic E-state index is 12.5. The van der Waals surface area contributed by atoms with Gasteiger partial charge in [-0.3, -0.25) is 0 Å². The van der Waals surface area contributed by atoms with E-state index in [0.717, 1.165) is 6.07 Å². The number of halogens is 3. The predicted octanol–water partition coefficient (Wildman–Crippen LogP) is 2.87. The molecule has 6 heteroatoms. The Balaban J connectivity index is 3.48. The summed E-state index contributed by atoms with van der Waals surface area (Å²) in [5.74, 6) is 0.0197. The summed E-state index contributed by atoms with van der Waals surface area (Å²) in [7, 11) is 1.24. The Bertz CT molecular complexity index is 423. The van der Waals surface area contributed by atoms with Gasteiger partial charge in [-0.1, -0.05) is 0 Å². The molecule has 0 atom stereocenters. The van der Waals surface area contributed by atoms with Gasteiger partial charge in [0.1, 0.15) is 11.8 Å². The Morgan fingerprint density at radius 1 is 1.40 bits per heavy atom. The minimum Gasteiger partial charge on any atom is -0.497 e. The van der Waals surface area contributed by atoms with Crippen LogP contribution in [0.2, 0.25) is 0 Å². The van der Waals surface area contributed by atoms with Crippen molar-refractivity contribution in [1.29, 1.82) is 5.26 Å². The molecule has 0 amide bonds. The first-order valence-electron chi connectivity index (χ1n) is 3.78. The number of ether oxygens (including phenoxy) is 1. The number of hydrogen-bond acceptors (Lipinski definition) is 3. The smallest absolute Gasteiger partial charge is 0.417 e. The summed E-state index contributed by atoms with van der Waals surface area (Å²) in [5, 5.41) is 8.59. The van der Waals surface area contributed by atoms with Gasteiger partial charge in [-0.25, -0.2) is 0 Å². The van der Waals surface area contributed by atoms with Crippen molar-refractivity contribution in [2.75, 3.05) is 7.11 Å². The largest absolute Gasteiger partial charge is 0.497 e. The molecule has 0 aliphatic heterocycles. The number of nitrogens with zero attached hydrogens (tertiary/aromatic N) is 1. The molecule has 0 bridgehead atoms. The van der Waals surface area contributed by atoms with Crippen molar-refractivity contribution in [3.05, 3.63) is 23.3 Å². The van der Waals surface area contributed by atoms with Crippen LogP contribution in [0.4, 0.5) is 13.2 Å². The molecule has 0 saturated heterocycles. The summed E-state index contributed by atoms with van der Waals surface area (Å²) in [6.45, 7) is 0. The van der Waals surface area contributed by atoms with Crippen molar-refractivity contribution >= 4 is 12.6 Å². The Hall–Kier alpha value is -1.35. The molecule has 0 aliphatic carbocycles. The molecular weight excluding hydrogens is 227 g/mol.